The van der Waals surface area contributed by atoms with Gasteiger partial charge in [0.2, 0.25) is 5.95 Å². The maximum atomic E-state index is 12.4. The number of ether oxygens (including phenoxy) is 1. The lowest BCUT2D eigenvalue weighted by atomic mass is 10.1. The second kappa shape index (κ2) is 8.46. The molecule has 1 aromatic carbocycles. The van der Waals surface area contributed by atoms with E-state index in [2.05, 4.69) is 15.0 Å². The first-order chi connectivity index (χ1) is 14.4. The number of imidazole rings is 1. The summed E-state index contributed by atoms with van der Waals surface area (Å²) in [6.45, 7) is -0.452. The number of rotatable bonds is 6. The fraction of sp³-hybridized carbons (Fsp3) is 0.333. The molecule has 3 heterocycles. The standard InChI is InChI=1S/C18H18ClN5O5S/c19-9-3-1-8(2-4-9)10(26)6-30-16-12-15(22-18(20)23-16)24(7-21-12)17-14(28)13(27)11(5-25)29-17/h1-4,7,11,13-14,17,25,27-28H,5-6H2,(H2,20,22,23)/t11-,13+,14+,17+/m0/s1. The zero-order chi connectivity index (χ0) is 21.4. The van der Waals surface area contributed by atoms with Crippen LogP contribution in [-0.2, 0) is 4.74 Å². The summed E-state index contributed by atoms with van der Waals surface area (Å²) >= 11 is 7.00. The molecule has 0 bridgehead atoms. The number of aromatic nitrogens is 4. The minimum absolute atomic E-state index is 0.0440. The highest BCUT2D eigenvalue weighted by Gasteiger charge is 2.44. The fourth-order valence-electron chi connectivity index (χ4n) is 3.16. The molecule has 0 spiro atoms. The first kappa shape index (κ1) is 21.0. The lowest BCUT2D eigenvalue weighted by molar-refractivity contribution is -0.0511. The van der Waals surface area contributed by atoms with Crippen molar-refractivity contribution >= 4 is 46.3 Å². The molecule has 30 heavy (non-hydrogen) atoms. The predicted molar refractivity (Wildman–Crippen MR) is 109 cm³/mol. The lowest BCUT2D eigenvalue weighted by Gasteiger charge is -2.16. The van der Waals surface area contributed by atoms with Gasteiger partial charge in [-0.1, -0.05) is 23.4 Å². The number of thioether (sulfide) groups is 1. The van der Waals surface area contributed by atoms with E-state index in [0.29, 0.717) is 21.1 Å². The van der Waals surface area contributed by atoms with Crippen molar-refractivity contribution < 1.29 is 24.9 Å². The van der Waals surface area contributed by atoms with E-state index in [1.54, 1.807) is 24.3 Å². The molecule has 4 rings (SSSR count). The molecule has 0 amide bonds. The van der Waals surface area contributed by atoms with Crippen molar-refractivity contribution in [2.45, 2.75) is 29.6 Å². The Bertz CT molecular complexity index is 1080. The van der Waals surface area contributed by atoms with Crippen LogP contribution in [0.3, 0.4) is 0 Å². The Morgan fingerprint density at radius 3 is 2.63 bits per heavy atom. The number of hydrogen-bond donors (Lipinski definition) is 4. The summed E-state index contributed by atoms with van der Waals surface area (Å²) in [6, 6.07) is 6.57. The summed E-state index contributed by atoms with van der Waals surface area (Å²) in [5, 5.41) is 30.5. The number of benzene rings is 1. The molecule has 4 atom stereocenters. The van der Waals surface area contributed by atoms with Crippen molar-refractivity contribution in [2.24, 2.45) is 0 Å². The zero-order valence-electron chi connectivity index (χ0n) is 15.4. The number of carbonyl (C=O) groups excluding carboxylic acids is 1. The van der Waals surface area contributed by atoms with E-state index in [-0.39, 0.29) is 23.1 Å². The van der Waals surface area contributed by atoms with Crippen molar-refractivity contribution in [1.82, 2.24) is 19.5 Å². The summed E-state index contributed by atoms with van der Waals surface area (Å²) in [7, 11) is 0. The third kappa shape index (κ3) is 3.87. The number of fused-ring (bicyclic) bond motifs is 1. The van der Waals surface area contributed by atoms with Crippen molar-refractivity contribution in [3.63, 3.8) is 0 Å². The van der Waals surface area contributed by atoms with Crippen LogP contribution in [-0.4, -0.2) is 71.3 Å². The SMILES string of the molecule is Nc1nc(SCC(=O)c2ccc(Cl)cc2)c2ncn([C@@H]3O[C@@H](CO)[C@@H](O)[C@H]3O)c2n1. The number of aliphatic hydroxyl groups is 3. The first-order valence-electron chi connectivity index (χ1n) is 8.93. The van der Waals surface area contributed by atoms with E-state index in [9.17, 15) is 20.1 Å². The van der Waals surface area contributed by atoms with Crippen LogP contribution in [0.5, 0.6) is 0 Å². The summed E-state index contributed by atoms with van der Waals surface area (Å²) in [5.41, 5.74) is 7.00. The van der Waals surface area contributed by atoms with Crippen LogP contribution in [0.25, 0.3) is 11.2 Å². The Balaban J connectivity index is 1.60. The van der Waals surface area contributed by atoms with E-state index in [1.807, 2.05) is 0 Å². The quantitative estimate of drug-likeness (QED) is 0.238. The van der Waals surface area contributed by atoms with Gasteiger partial charge in [0, 0.05) is 10.6 Å². The Morgan fingerprint density at radius 1 is 1.23 bits per heavy atom. The molecule has 1 saturated heterocycles. The van der Waals surface area contributed by atoms with Gasteiger partial charge in [-0.25, -0.2) is 9.97 Å². The minimum Gasteiger partial charge on any atom is -0.394 e. The molecule has 12 heteroatoms. The van der Waals surface area contributed by atoms with Gasteiger partial charge in [-0.3, -0.25) is 9.36 Å². The van der Waals surface area contributed by atoms with Crippen LogP contribution in [0, 0.1) is 0 Å². The number of carbonyl (C=O) groups is 1. The van der Waals surface area contributed by atoms with E-state index >= 15 is 0 Å². The highest BCUT2D eigenvalue weighted by molar-refractivity contribution is 8.00. The smallest absolute Gasteiger partial charge is 0.223 e. The molecular formula is C18H18ClN5O5S. The largest absolute Gasteiger partial charge is 0.394 e. The van der Waals surface area contributed by atoms with Crippen LogP contribution >= 0.6 is 23.4 Å². The molecule has 5 N–H and O–H groups in total. The fourth-order valence-corrected chi connectivity index (χ4v) is 4.16. The topological polar surface area (TPSA) is 157 Å². The summed E-state index contributed by atoms with van der Waals surface area (Å²) in [4.78, 5) is 25.1. The lowest BCUT2D eigenvalue weighted by Crippen LogP contribution is -2.33. The normalized spacial score (nSPS) is 23.9. The van der Waals surface area contributed by atoms with Crippen LogP contribution in [0.2, 0.25) is 5.02 Å². The minimum atomic E-state index is -1.29. The molecule has 1 fully saturated rings. The van der Waals surface area contributed by atoms with E-state index in [1.165, 1.54) is 10.9 Å². The Morgan fingerprint density at radius 2 is 1.97 bits per heavy atom. The third-order valence-electron chi connectivity index (χ3n) is 4.70. The number of halogens is 1. The maximum Gasteiger partial charge on any atom is 0.223 e. The number of anilines is 1. The number of nitrogens with two attached hydrogens (primary N) is 1. The monoisotopic (exact) mass is 451 g/mol. The van der Waals surface area contributed by atoms with Gasteiger partial charge in [-0.05, 0) is 24.3 Å². The highest BCUT2D eigenvalue weighted by atomic mass is 35.5. The molecule has 0 radical (unpaired) electrons. The van der Waals surface area contributed by atoms with Gasteiger partial charge in [0.05, 0.1) is 18.7 Å². The highest BCUT2D eigenvalue weighted by Crippen LogP contribution is 2.33. The van der Waals surface area contributed by atoms with Crippen molar-refractivity contribution in [2.75, 3.05) is 18.1 Å². The predicted octanol–water partition coefficient (Wildman–Crippen LogP) is 0.648. The summed E-state index contributed by atoms with van der Waals surface area (Å²) < 4.78 is 6.95. The number of hydrogen-bond acceptors (Lipinski definition) is 10. The molecule has 0 aliphatic carbocycles. The number of ketones is 1. The van der Waals surface area contributed by atoms with E-state index < -0.39 is 31.1 Å². The van der Waals surface area contributed by atoms with Gasteiger partial charge in [0.15, 0.2) is 17.7 Å². The van der Waals surface area contributed by atoms with Crippen molar-refractivity contribution in [3.8, 4) is 0 Å². The molecule has 2 aromatic heterocycles. The second-order valence-electron chi connectivity index (χ2n) is 6.66. The van der Waals surface area contributed by atoms with Gasteiger partial charge in [0.1, 0.15) is 28.9 Å². The molecule has 1 aliphatic heterocycles. The molecular weight excluding hydrogens is 434 g/mol. The number of nitrogen functional groups attached to an aromatic ring is 1. The molecule has 0 saturated carbocycles. The van der Waals surface area contributed by atoms with Gasteiger partial charge in [0.25, 0.3) is 0 Å². The summed E-state index contributed by atoms with van der Waals surface area (Å²) in [6.07, 6.45) is -3.12. The molecule has 0 unspecified atom stereocenters. The van der Waals surface area contributed by atoms with Crippen LogP contribution < -0.4 is 5.73 Å². The number of Topliss-reactive ketones (excluding diaryl/α,β-unsaturated/α-hetero) is 1. The van der Waals surface area contributed by atoms with E-state index in [4.69, 9.17) is 22.1 Å². The van der Waals surface area contributed by atoms with Gasteiger partial charge in [-0.15, -0.1) is 0 Å². The first-order valence-corrected chi connectivity index (χ1v) is 10.3. The summed E-state index contributed by atoms with van der Waals surface area (Å²) in [5.74, 6) is -0.0733. The number of nitrogens with zero attached hydrogens (tertiary/aromatic N) is 4. The average Bonchev–Trinajstić information content (AvgIpc) is 3.27. The van der Waals surface area contributed by atoms with Crippen molar-refractivity contribution in [1.29, 1.82) is 0 Å². The van der Waals surface area contributed by atoms with Crippen molar-refractivity contribution in [3.05, 3.63) is 41.2 Å². The van der Waals surface area contributed by atoms with Gasteiger partial charge >= 0.3 is 0 Å². The van der Waals surface area contributed by atoms with Gasteiger partial charge in [-0.2, -0.15) is 4.98 Å². The van der Waals surface area contributed by atoms with Crippen LogP contribution in [0.15, 0.2) is 35.6 Å². The molecule has 158 valence electrons. The Kier molecular flexibility index (Phi) is 5.91. The zero-order valence-corrected chi connectivity index (χ0v) is 17.0. The Labute approximate surface area is 179 Å². The van der Waals surface area contributed by atoms with E-state index in [0.717, 1.165) is 11.8 Å². The molecule has 3 aromatic rings. The van der Waals surface area contributed by atoms with Gasteiger partial charge < -0.3 is 25.8 Å². The second-order valence-corrected chi connectivity index (χ2v) is 8.06. The Hall–Kier alpha value is -2.28. The molecule has 1 aliphatic rings. The molecule has 10 nitrogen and oxygen atoms in total. The number of aliphatic hydroxyl groups excluding tert-OH is 3. The maximum absolute atomic E-state index is 12.4. The average molecular weight is 452 g/mol. The van der Waals surface area contributed by atoms with Crippen LogP contribution in [0.4, 0.5) is 5.95 Å². The third-order valence-corrected chi connectivity index (χ3v) is 5.92. The van der Waals surface area contributed by atoms with Crippen LogP contribution in [0.1, 0.15) is 16.6 Å².